The second-order valence-corrected chi connectivity index (χ2v) is 7.80. The molecule has 0 saturated heterocycles. The molecule has 1 aliphatic heterocycles. The Morgan fingerprint density at radius 3 is 2.57 bits per heavy atom. The van der Waals surface area contributed by atoms with E-state index >= 15 is 0 Å². The van der Waals surface area contributed by atoms with E-state index in [1.165, 1.54) is 0 Å². The van der Waals surface area contributed by atoms with Crippen molar-refractivity contribution >= 4 is 34.9 Å². The van der Waals surface area contributed by atoms with Crippen LogP contribution in [0.3, 0.4) is 0 Å². The lowest BCUT2D eigenvalue weighted by Crippen LogP contribution is -2.36. The van der Waals surface area contributed by atoms with Gasteiger partial charge in [0.15, 0.2) is 11.5 Å². The van der Waals surface area contributed by atoms with Gasteiger partial charge in [-0.15, -0.1) is 0 Å². The summed E-state index contributed by atoms with van der Waals surface area (Å²) in [6.45, 7) is 2.58. The van der Waals surface area contributed by atoms with Crippen LogP contribution in [0.25, 0.3) is 0 Å². The van der Waals surface area contributed by atoms with E-state index in [1.807, 2.05) is 55.5 Å². The fourth-order valence-electron chi connectivity index (χ4n) is 3.31. The van der Waals surface area contributed by atoms with E-state index in [9.17, 15) is 4.79 Å². The predicted octanol–water partition coefficient (Wildman–Crippen LogP) is 6.52. The first-order valence-corrected chi connectivity index (χ1v) is 10.2. The van der Waals surface area contributed by atoms with Crippen LogP contribution in [0.15, 0.2) is 66.7 Å². The van der Waals surface area contributed by atoms with Gasteiger partial charge in [-0.25, -0.2) is 4.79 Å². The molecule has 7 heteroatoms. The number of rotatable bonds is 5. The number of anilines is 1. The highest BCUT2D eigenvalue weighted by molar-refractivity contribution is 6.36. The molecule has 1 aliphatic rings. The van der Waals surface area contributed by atoms with Crippen molar-refractivity contribution in [2.24, 2.45) is 0 Å². The van der Waals surface area contributed by atoms with Crippen molar-refractivity contribution in [2.45, 2.75) is 19.5 Å². The Kier molecular flexibility index (Phi) is 6.02. The van der Waals surface area contributed by atoms with Crippen LogP contribution in [0.1, 0.15) is 24.1 Å². The third-order valence-corrected chi connectivity index (χ3v) is 5.52. The largest absolute Gasteiger partial charge is 0.454 e. The van der Waals surface area contributed by atoms with Crippen LogP contribution in [0, 0.1) is 0 Å². The number of hydrogen-bond donors (Lipinski definition) is 1. The van der Waals surface area contributed by atoms with Gasteiger partial charge < -0.3 is 19.7 Å². The lowest BCUT2D eigenvalue weighted by atomic mass is 10.1. The highest BCUT2D eigenvalue weighted by atomic mass is 35.5. The van der Waals surface area contributed by atoms with Crippen molar-refractivity contribution < 1.29 is 14.3 Å². The number of amides is 2. The van der Waals surface area contributed by atoms with Crippen LogP contribution in [0.5, 0.6) is 11.5 Å². The van der Waals surface area contributed by atoms with Crippen LogP contribution in [0.4, 0.5) is 10.5 Å². The van der Waals surface area contributed by atoms with Gasteiger partial charge in [0.05, 0.1) is 16.8 Å². The molecule has 0 spiro atoms. The van der Waals surface area contributed by atoms with E-state index in [0.29, 0.717) is 33.8 Å². The van der Waals surface area contributed by atoms with Crippen LogP contribution >= 0.6 is 23.2 Å². The summed E-state index contributed by atoms with van der Waals surface area (Å²) >= 11 is 12.2. The van der Waals surface area contributed by atoms with Gasteiger partial charge in [-0.3, -0.25) is 0 Å². The number of ether oxygens (including phenoxy) is 2. The van der Waals surface area contributed by atoms with E-state index in [2.05, 4.69) is 5.32 Å². The minimum absolute atomic E-state index is 0.178. The first-order chi connectivity index (χ1) is 14.5. The molecule has 0 aliphatic carbocycles. The zero-order valence-electron chi connectivity index (χ0n) is 16.3. The zero-order chi connectivity index (χ0) is 21.1. The number of carbonyl (C=O) groups excluding carboxylic acids is 1. The standard InChI is InChI=1S/C23H20Cl2N2O3/c1-15(17-5-3-2-4-6-17)27(13-16-7-10-21-22(11-16)30-14-29-21)23(28)26-20-9-8-18(24)12-19(20)25/h2-12,15H,13-14H2,1H3,(H,26,28). The van der Waals surface area contributed by atoms with E-state index in [4.69, 9.17) is 32.7 Å². The SMILES string of the molecule is CC(c1ccccc1)N(Cc1ccc2c(c1)OCO2)C(=O)Nc1ccc(Cl)cc1Cl. The van der Waals surface area contributed by atoms with Gasteiger partial charge in [0.25, 0.3) is 0 Å². The number of hydrogen-bond acceptors (Lipinski definition) is 3. The summed E-state index contributed by atoms with van der Waals surface area (Å²) in [5.41, 5.74) is 2.46. The quantitative estimate of drug-likeness (QED) is 0.489. The van der Waals surface area contributed by atoms with E-state index < -0.39 is 0 Å². The molecule has 5 nitrogen and oxygen atoms in total. The molecule has 154 valence electrons. The van der Waals surface area contributed by atoms with Gasteiger partial charge in [-0.05, 0) is 48.4 Å². The maximum absolute atomic E-state index is 13.3. The van der Waals surface area contributed by atoms with Gasteiger partial charge in [0.1, 0.15) is 0 Å². The maximum atomic E-state index is 13.3. The topological polar surface area (TPSA) is 50.8 Å². The molecule has 1 atom stereocenters. The lowest BCUT2D eigenvalue weighted by Gasteiger charge is -2.30. The Balaban J connectivity index is 1.61. The number of nitrogens with one attached hydrogen (secondary N) is 1. The number of benzene rings is 3. The van der Waals surface area contributed by atoms with Crippen molar-refractivity contribution in [2.75, 3.05) is 12.1 Å². The number of carbonyl (C=O) groups is 1. The minimum atomic E-state index is -0.270. The van der Waals surface area contributed by atoms with Gasteiger partial charge in [-0.2, -0.15) is 0 Å². The Morgan fingerprint density at radius 1 is 1.03 bits per heavy atom. The smallest absolute Gasteiger partial charge is 0.322 e. The summed E-state index contributed by atoms with van der Waals surface area (Å²) in [5.74, 6) is 1.39. The molecule has 1 unspecified atom stereocenters. The van der Waals surface area contributed by atoms with E-state index in [1.54, 1.807) is 23.1 Å². The Bertz CT molecular complexity index is 1060. The van der Waals surface area contributed by atoms with Crippen LogP contribution in [-0.2, 0) is 6.54 Å². The first-order valence-electron chi connectivity index (χ1n) is 9.47. The molecule has 1 heterocycles. The number of urea groups is 1. The third-order valence-electron chi connectivity index (χ3n) is 4.97. The molecule has 0 bridgehead atoms. The summed E-state index contributed by atoms with van der Waals surface area (Å²) in [4.78, 5) is 15.0. The molecule has 0 aromatic heterocycles. The van der Waals surface area contributed by atoms with Gasteiger partial charge in [0.2, 0.25) is 6.79 Å². The fraction of sp³-hybridized carbons (Fsp3) is 0.174. The van der Waals surface area contributed by atoms with Crippen molar-refractivity contribution in [1.82, 2.24) is 4.90 Å². The molecule has 4 rings (SSSR count). The summed E-state index contributed by atoms with van der Waals surface area (Å²) < 4.78 is 10.9. The first kappa shape index (κ1) is 20.4. The summed E-state index contributed by atoms with van der Waals surface area (Å²) in [5, 5.41) is 3.79. The molecule has 0 radical (unpaired) electrons. The third kappa shape index (κ3) is 4.48. The van der Waals surface area contributed by atoms with Crippen molar-refractivity contribution in [3.05, 3.63) is 87.9 Å². The highest BCUT2D eigenvalue weighted by Gasteiger charge is 2.24. The zero-order valence-corrected chi connectivity index (χ0v) is 17.8. The molecule has 0 saturated carbocycles. The molecular weight excluding hydrogens is 423 g/mol. The Hall–Kier alpha value is -2.89. The van der Waals surface area contributed by atoms with Crippen molar-refractivity contribution in [1.29, 1.82) is 0 Å². The molecule has 0 fully saturated rings. The molecule has 30 heavy (non-hydrogen) atoms. The van der Waals surface area contributed by atoms with Crippen LogP contribution in [-0.4, -0.2) is 17.7 Å². The second kappa shape index (κ2) is 8.86. The van der Waals surface area contributed by atoms with E-state index in [0.717, 1.165) is 11.1 Å². The van der Waals surface area contributed by atoms with E-state index in [-0.39, 0.29) is 18.9 Å². The fourth-order valence-corrected chi connectivity index (χ4v) is 3.77. The highest BCUT2D eigenvalue weighted by Crippen LogP contribution is 2.34. The Labute approximate surface area is 185 Å². The van der Waals surface area contributed by atoms with Crippen molar-refractivity contribution in [3.8, 4) is 11.5 Å². The number of halogens is 2. The summed E-state index contributed by atoms with van der Waals surface area (Å²) in [6.07, 6.45) is 0. The molecular formula is C23H20Cl2N2O3. The molecule has 2 amide bonds. The number of fused-ring (bicyclic) bond motifs is 1. The van der Waals surface area contributed by atoms with Crippen molar-refractivity contribution in [3.63, 3.8) is 0 Å². The van der Waals surface area contributed by atoms with Gasteiger partial charge >= 0.3 is 6.03 Å². The van der Waals surface area contributed by atoms with Crippen LogP contribution in [0.2, 0.25) is 10.0 Å². The summed E-state index contributed by atoms with van der Waals surface area (Å²) in [6, 6.07) is 20.1. The van der Waals surface area contributed by atoms with Gasteiger partial charge in [-0.1, -0.05) is 59.6 Å². The van der Waals surface area contributed by atoms with Crippen LogP contribution < -0.4 is 14.8 Å². The monoisotopic (exact) mass is 442 g/mol. The average Bonchev–Trinajstić information content (AvgIpc) is 3.22. The maximum Gasteiger partial charge on any atom is 0.322 e. The normalized spacial score (nSPS) is 13.0. The molecule has 3 aromatic rings. The lowest BCUT2D eigenvalue weighted by molar-refractivity contribution is 0.173. The second-order valence-electron chi connectivity index (χ2n) is 6.96. The minimum Gasteiger partial charge on any atom is -0.454 e. The average molecular weight is 443 g/mol. The molecule has 3 aromatic carbocycles. The molecule has 1 N–H and O–H groups in total. The van der Waals surface area contributed by atoms with Gasteiger partial charge in [0, 0.05) is 11.6 Å². The Morgan fingerprint density at radius 2 is 1.80 bits per heavy atom. The number of nitrogens with zero attached hydrogens (tertiary/aromatic N) is 1. The predicted molar refractivity (Wildman–Crippen MR) is 118 cm³/mol. The summed E-state index contributed by atoms with van der Waals surface area (Å²) in [7, 11) is 0.